The van der Waals surface area contributed by atoms with Gasteiger partial charge in [0.05, 0.1) is 0 Å². The maximum atomic E-state index is 3.65. The fourth-order valence-corrected chi connectivity index (χ4v) is 3.40. The highest BCUT2D eigenvalue weighted by atomic mass is 15.2. The van der Waals surface area contributed by atoms with Gasteiger partial charge in [0, 0.05) is 24.3 Å². The van der Waals surface area contributed by atoms with Gasteiger partial charge >= 0.3 is 0 Å². The predicted molar refractivity (Wildman–Crippen MR) is 72.7 cm³/mol. The van der Waals surface area contributed by atoms with E-state index < -0.39 is 0 Å². The molecule has 3 rings (SSSR count). The van der Waals surface area contributed by atoms with Gasteiger partial charge in [0.25, 0.3) is 0 Å². The summed E-state index contributed by atoms with van der Waals surface area (Å²) in [7, 11) is 0. The van der Waals surface area contributed by atoms with Crippen LogP contribution in [-0.2, 0) is 0 Å². The molecule has 2 saturated heterocycles. The average Bonchev–Trinajstić information content (AvgIpc) is 2.80. The Morgan fingerprint density at radius 3 is 3.00 bits per heavy atom. The van der Waals surface area contributed by atoms with Gasteiger partial charge < -0.3 is 10.2 Å². The minimum absolute atomic E-state index is 0.726. The Labute approximate surface area is 104 Å². The monoisotopic (exact) mass is 230 g/mol. The number of nitrogens with zero attached hydrogens (tertiary/aromatic N) is 1. The summed E-state index contributed by atoms with van der Waals surface area (Å²) in [4.78, 5) is 2.65. The smallest absolute Gasteiger partial charge is 0.0455 e. The number of nitrogens with one attached hydrogen (secondary N) is 1. The topological polar surface area (TPSA) is 15.3 Å². The van der Waals surface area contributed by atoms with Crippen molar-refractivity contribution >= 4 is 5.69 Å². The van der Waals surface area contributed by atoms with E-state index in [1.54, 1.807) is 0 Å². The lowest BCUT2D eigenvalue weighted by molar-refractivity contribution is 0.412. The third-order valence-corrected chi connectivity index (χ3v) is 4.30. The highest BCUT2D eigenvalue weighted by Gasteiger charge is 2.35. The van der Waals surface area contributed by atoms with Gasteiger partial charge in [-0.05, 0) is 56.8 Å². The zero-order chi connectivity index (χ0) is 11.8. The molecule has 2 nitrogen and oxygen atoms in total. The van der Waals surface area contributed by atoms with E-state index in [2.05, 4.69) is 42.3 Å². The first-order valence-electron chi connectivity index (χ1n) is 6.83. The zero-order valence-corrected chi connectivity index (χ0v) is 10.9. The molecular formula is C15H22N2. The highest BCUT2D eigenvalue weighted by molar-refractivity contribution is 5.56. The summed E-state index contributed by atoms with van der Waals surface area (Å²) in [5.41, 5.74) is 4.25. The fourth-order valence-electron chi connectivity index (χ4n) is 3.40. The van der Waals surface area contributed by atoms with Crippen molar-refractivity contribution in [3.8, 4) is 0 Å². The van der Waals surface area contributed by atoms with Gasteiger partial charge in [0.1, 0.15) is 0 Å². The molecule has 0 spiro atoms. The molecule has 92 valence electrons. The van der Waals surface area contributed by atoms with E-state index in [1.165, 1.54) is 49.2 Å². The largest absolute Gasteiger partial charge is 0.367 e. The molecule has 0 bridgehead atoms. The van der Waals surface area contributed by atoms with E-state index >= 15 is 0 Å². The van der Waals surface area contributed by atoms with E-state index in [1.807, 2.05) is 0 Å². The van der Waals surface area contributed by atoms with Crippen LogP contribution in [0.3, 0.4) is 0 Å². The van der Waals surface area contributed by atoms with Crippen LogP contribution < -0.4 is 10.2 Å². The van der Waals surface area contributed by atoms with Crippen molar-refractivity contribution in [1.82, 2.24) is 5.32 Å². The summed E-state index contributed by atoms with van der Waals surface area (Å²) in [5, 5.41) is 3.65. The molecule has 2 fully saturated rings. The van der Waals surface area contributed by atoms with Crippen molar-refractivity contribution in [2.75, 3.05) is 18.0 Å². The van der Waals surface area contributed by atoms with E-state index in [0.29, 0.717) is 0 Å². The van der Waals surface area contributed by atoms with Crippen LogP contribution in [0.2, 0.25) is 0 Å². The van der Waals surface area contributed by atoms with Crippen molar-refractivity contribution in [1.29, 1.82) is 0 Å². The minimum Gasteiger partial charge on any atom is -0.367 e. The molecule has 1 aromatic rings. The minimum atomic E-state index is 0.726. The van der Waals surface area contributed by atoms with Crippen LogP contribution in [-0.4, -0.2) is 25.2 Å². The number of benzene rings is 1. The van der Waals surface area contributed by atoms with Crippen molar-refractivity contribution in [2.24, 2.45) is 0 Å². The molecule has 2 heterocycles. The van der Waals surface area contributed by atoms with Crippen molar-refractivity contribution in [3.05, 3.63) is 29.3 Å². The number of hydrogen-bond acceptors (Lipinski definition) is 2. The fraction of sp³-hybridized carbons (Fsp3) is 0.600. The normalized spacial score (nSPS) is 28.2. The average molecular weight is 230 g/mol. The van der Waals surface area contributed by atoms with Gasteiger partial charge in [0.2, 0.25) is 0 Å². The molecule has 2 aliphatic heterocycles. The number of fused-ring (bicyclic) bond motifs is 1. The highest BCUT2D eigenvalue weighted by Crippen LogP contribution is 2.31. The molecule has 0 saturated carbocycles. The first kappa shape index (κ1) is 11.1. The van der Waals surface area contributed by atoms with E-state index in [4.69, 9.17) is 0 Å². The quantitative estimate of drug-likeness (QED) is 0.798. The Balaban J connectivity index is 1.94. The summed E-state index contributed by atoms with van der Waals surface area (Å²) in [6.45, 7) is 6.85. The lowest BCUT2D eigenvalue weighted by Gasteiger charge is -2.40. The molecule has 2 heteroatoms. The Bertz CT molecular complexity index is 413. The van der Waals surface area contributed by atoms with Gasteiger partial charge in [-0.3, -0.25) is 0 Å². The van der Waals surface area contributed by atoms with Gasteiger partial charge in [-0.25, -0.2) is 0 Å². The molecule has 17 heavy (non-hydrogen) atoms. The lowest BCUT2D eigenvalue weighted by Crippen LogP contribution is -2.48. The number of hydrogen-bond donors (Lipinski definition) is 1. The maximum absolute atomic E-state index is 3.65. The van der Waals surface area contributed by atoms with Crippen LogP contribution in [0.25, 0.3) is 0 Å². The summed E-state index contributed by atoms with van der Waals surface area (Å²) in [6.07, 6.45) is 3.98. The molecular weight excluding hydrogens is 208 g/mol. The molecule has 2 atom stereocenters. The first-order valence-corrected chi connectivity index (χ1v) is 6.83. The molecule has 0 aromatic heterocycles. The Morgan fingerprint density at radius 2 is 2.12 bits per heavy atom. The molecule has 1 N–H and O–H groups in total. The molecule has 0 radical (unpaired) electrons. The second-order valence-electron chi connectivity index (χ2n) is 5.54. The van der Waals surface area contributed by atoms with Crippen LogP contribution >= 0.6 is 0 Å². The lowest BCUT2D eigenvalue weighted by atomic mass is 9.95. The summed E-state index contributed by atoms with van der Waals surface area (Å²) >= 11 is 0. The van der Waals surface area contributed by atoms with Gasteiger partial charge in [0.15, 0.2) is 0 Å². The standard InChI is InChI=1S/C15H22N2/c1-11-5-6-12(2)15(10-11)17-9-3-4-13-14(17)7-8-16-13/h5-6,10,13-14,16H,3-4,7-9H2,1-2H3. The maximum Gasteiger partial charge on any atom is 0.0455 e. The summed E-state index contributed by atoms with van der Waals surface area (Å²) in [6, 6.07) is 8.28. The zero-order valence-electron chi connectivity index (χ0n) is 10.9. The molecule has 2 unspecified atom stereocenters. The van der Waals surface area contributed by atoms with Crippen LogP contribution in [0, 0.1) is 13.8 Å². The summed E-state index contributed by atoms with van der Waals surface area (Å²) < 4.78 is 0. The number of piperidine rings is 1. The number of aryl methyl sites for hydroxylation is 2. The molecule has 2 aliphatic rings. The van der Waals surface area contributed by atoms with Crippen LogP contribution in [0.15, 0.2) is 18.2 Å². The van der Waals surface area contributed by atoms with Crippen LogP contribution in [0.4, 0.5) is 5.69 Å². The summed E-state index contributed by atoms with van der Waals surface area (Å²) in [5.74, 6) is 0. The van der Waals surface area contributed by atoms with Crippen molar-refractivity contribution < 1.29 is 0 Å². The van der Waals surface area contributed by atoms with Gasteiger partial charge in [-0.1, -0.05) is 12.1 Å². The second kappa shape index (κ2) is 4.34. The third kappa shape index (κ3) is 1.95. The van der Waals surface area contributed by atoms with Crippen LogP contribution in [0.1, 0.15) is 30.4 Å². The Morgan fingerprint density at radius 1 is 1.24 bits per heavy atom. The third-order valence-electron chi connectivity index (χ3n) is 4.30. The molecule has 0 aliphatic carbocycles. The van der Waals surface area contributed by atoms with E-state index in [0.717, 1.165) is 12.1 Å². The predicted octanol–water partition coefficient (Wildman–Crippen LogP) is 2.63. The van der Waals surface area contributed by atoms with Crippen molar-refractivity contribution in [3.63, 3.8) is 0 Å². The Kier molecular flexibility index (Phi) is 2.83. The van der Waals surface area contributed by atoms with Gasteiger partial charge in [-0.15, -0.1) is 0 Å². The van der Waals surface area contributed by atoms with Gasteiger partial charge in [-0.2, -0.15) is 0 Å². The van der Waals surface area contributed by atoms with E-state index in [-0.39, 0.29) is 0 Å². The number of anilines is 1. The van der Waals surface area contributed by atoms with E-state index in [9.17, 15) is 0 Å². The second-order valence-corrected chi connectivity index (χ2v) is 5.54. The molecule has 0 amide bonds. The number of rotatable bonds is 1. The Hall–Kier alpha value is -1.02. The van der Waals surface area contributed by atoms with Crippen molar-refractivity contribution in [2.45, 2.75) is 45.2 Å². The van der Waals surface area contributed by atoms with Crippen LogP contribution in [0.5, 0.6) is 0 Å². The first-order chi connectivity index (χ1) is 8.25. The SMILES string of the molecule is Cc1ccc(C)c(N2CCCC3NCCC32)c1. The molecule has 1 aromatic carbocycles.